The van der Waals surface area contributed by atoms with Crippen LogP contribution in [0, 0.1) is 0 Å². The van der Waals surface area contributed by atoms with Crippen LogP contribution in [0.5, 0.6) is 5.75 Å². The van der Waals surface area contributed by atoms with Crippen molar-refractivity contribution >= 4 is 29.0 Å². The molecule has 2 aliphatic rings. The van der Waals surface area contributed by atoms with E-state index >= 15 is 0 Å². The van der Waals surface area contributed by atoms with Crippen LogP contribution >= 0.6 is 11.6 Å². The van der Waals surface area contributed by atoms with E-state index in [0.717, 1.165) is 41.5 Å². The van der Waals surface area contributed by atoms with Gasteiger partial charge < -0.3 is 14.5 Å². The van der Waals surface area contributed by atoms with Crippen molar-refractivity contribution < 1.29 is 14.3 Å². The second kappa shape index (κ2) is 8.87. The van der Waals surface area contributed by atoms with Crippen LogP contribution in [0.1, 0.15) is 24.0 Å². The van der Waals surface area contributed by atoms with Crippen molar-refractivity contribution in [3.05, 3.63) is 58.6 Å². The third kappa shape index (κ3) is 4.91. The molecule has 29 heavy (non-hydrogen) atoms. The molecule has 0 unspecified atom stereocenters. The average molecular weight is 413 g/mol. The van der Waals surface area contributed by atoms with E-state index < -0.39 is 0 Å². The summed E-state index contributed by atoms with van der Waals surface area (Å²) in [5.74, 6) is 1.20. The molecule has 1 aliphatic carbocycles. The molecule has 1 aliphatic heterocycles. The van der Waals surface area contributed by atoms with Crippen molar-refractivity contribution in [1.82, 2.24) is 4.90 Å². The van der Waals surface area contributed by atoms with Gasteiger partial charge in [0, 0.05) is 49.7 Å². The van der Waals surface area contributed by atoms with Crippen LogP contribution in [0.2, 0.25) is 5.02 Å². The highest BCUT2D eigenvalue weighted by Gasteiger charge is 2.21. The SMILES string of the molecule is O=C1CCc2cc(OCCC(=O)N3CCN(c4ccc(Cl)cc4)CC3)ccc2C1. The summed E-state index contributed by atoms with van der Waals surface area (Å²) in [7, 11) is 0. The molecular weight excluding hydrogens is 388 g/mol. The first-order valence-corrected chi connectivity index (χ1v) is 10.5. The van der Waals surface area contributed by atoms with E-state index in [2.05, 4.69) is 4.90 Å². The Bertz CT molecular complexity index is 889. The number of aryl methyl sites for hydroxylation is 1. The van der Waals surface area contributed by atoms with Gasteiger partial charge in [-0.05, 0) is 53.9 Å². The molecule has 0 aromatic heterocycles. The van der Waals surface area contributed by atoms with Crippen molar-refractivity contribution in [2.45, 2.75) is 25.7 Å². The van der Waals surface area contributed by atoms with Crippen molar-refractivity contribution in [3.8, 4) is 5.75 Å². The number of ether oxygens (including phenoxy) is 1. The predicted octanol–water partition coefficient (Wildman–Crippen LogP) is 3.52. The van der Waals surface area contributed by atoms with Gasteiger partial charge in [0.05, 0.1) is 13.0 Å². The average Bonchev–Trinajstić information content (AvgIpc) is 2.74. The normalized spacial score (nSPS) is 16.5. The Morgan fingerprint density at radius 1 is 0.966 bits per heavy atom. The molecule has 1 saturated heterocycles. The lowest BCUT2D eigenvalue weighted by molar-refractivity contribution is -0.132. The Hall–Kier alpha value is -2.53. The van der Waals surface area contributed by atoms with E-state index in [9.17, 15) is 9.59 Å². The Labute approximate surface area is 176 Å². The first kappa shape index (κ1) is 19.8. The Balaban J connectivity index is 1.22. The minimum absolute atomic E-state index is 0.129. The molecule has 0 spiro atoms. The molecular formula is C23H25ClN2O3. The number of rotatable bonds is 5. The lowest BCUT2D eigenvalue weighted by atomic mass is 9.91. The molecule has 0 N–H and O–H groups in total. The zero-order valence-corrected chi connectivity index (χ0v) is 17.2. The molecule has 0 bridgehead atoms. The van der Waals surface area contributed by atoms with Crippen LogP contribution < -0.4 is 9.64 Å². The van der Waals surface area contributed by atoms with Gasteiger partial charge in [0.2, 0.25) is 5.91 Å². The van der Waals surface area contributed by atoms with Gasteiger partial charge >= 0.3 is 0 Å². The van der Waals surface area contributed by atoms with Gasteiger partial charge in [-0.1, -0.05) is 17.7 Å². The second-order valence-corrected chi connectivity index (χ2v) is 8.03. The van der Waals surface area contributed by atoms with Crippen LogP contribution in [0.15, 0.2) is 42.5 Å². The minimum Gasteiger partial charge on any atom is -0.493 e. The highest BCUT2D eigenvalue weighted by atomic mass is 35.5. The number of carbonyl (C=O) groups excluding carboxylic acids is 2. The molecule has 6 heteroatoms. The first-order chi connectivity index (χ1) is 14.1. The molecule has 2 aromatic rings. The Morgan fingerprint density at radius 2 is 1.72 bits per heavy atom. The van der Waals surface area contributed by atoms with Gasteiger partial charge in [-0.25, -0.2) is 0 Å². The number of halogens is 1. The first-order valence-electron chi connectivity index (χ1n) is 10.1. The third-order valence-corrected chi connectivity index (χ3v) is 5.90. The summed E-state index contributed by atoms with van der Waals surface area (Å²) in [5.41, 5.74) is 3.42. The summed E-state index contributed by atoms with van der Waals surface area (Å²) in [6.07, 6.45) is 2.28. The maximum Gasteiger partial charge on any atom is 0.226 e. The number of anilines is 1. The Morgan fingerprint density at radius 3 is 2.48 bits per heavy atom. The molecule has 0 radical (unpaired) electrons. The van der Waals surface area contributed by atoms with Gasteiger partial charge in [0.15, 0.2) is 0 Å². The fourth-order valence-corrected chi connectivity index (χ4v) is 4.08. The summed E-state index contributed by atoms with van der Waals surface area (Å²) in [6.45, 7) is 3.44. The van der Waals surface area contributed by atoms with Gasteiger partial charge in [-0.2, -0.15) is 0 Å². The van der Waals surface area contributed by atoms with Crippen molar-refractivity contribution in [1.29, 1.82) is 0 Å². The number of hydrogen-bond acceptors (Lipinski definition) is 4. The quantitative estimate of drug-likeness (QED) is 0.754. The fourth-order valence-electron chi connectivity index (χ4n) is 3.95. The summed E-state index contributed by atoms with van der Waals surface area (Å²) < 4.78 is 5.81. The smallest absolute Gasteiger partial charge is 0.226 e. The number of carbonyl (C=O) groups is 2. The largest absolute Gasteiger partial charge is 0.493 e. The molecule has 152 valence electrons. The zero-order valence-electron chi connectivity index (χ0n) is 16.4. The van der Waals surface area contributed by atoms with E-state index in [0.29, 0.717) is 44.7 Å². The predicted molar refractivity (Wildman–Crippen MR) is 114 cm³/mol. The molecule has 0 atom stereocenters. The monoisotopic (exact) mass is 412 g/mol. The van der Waals surface area contributed by atoms with Crippen molar-refractivity contribution in [2.24, 2.45) is 0 Å². The number of amides is 1. The number of piperazine rings is 1. The van der Waals surface area contributed by atoms with Gasteiger partial charge in [-0.3, -0.25) is 9.59 Å². The lowest BCUT2D eigenvalue weighted by Gasteiger charge is -2.36. The number of hydrogen-bond donors (Lipinski definition) is 0. The molecule has 1 heterocycles. The van der Waals surface area contributed by atoms with Crippen LogP contribution in [0.3, 0.4) is 0 Å². The highest BCUT2D eigenvalue weighted by molar-refractivity contribution is 6.30. The number of fused-ring (bicyclic) bond motifs is 1. The highest BCUT2D eigenvalue weighted by Crippen LogP contribution is 2.24. The molecule has 1 amide bonds. The summed E-state index contributed by atoms with van der Waals surface area (Å²) in [4.78, 5) is 28.2. The van der Waals surface area contributed by atoms with E-state index in [-0.39, 0.29) is 5.91 Å². The Kier molecular flexibility index (Phi) is 6.05. The molecule has 0 saturated carbocycles. The van der Waals surface area contributed by atoms with Crippen LogP contribution in [-0.2, 0) is 22.4 Å². The lowest BCUT2D eigenvalue weighted by Crippen LogP contribution is -2.49. The van der Waals surface area contributed by atoms with Crippen LogP contribution in [0.25, 0.3) is 0 Å². The number of nitrogens with zero attached hydrogens (tertiary/aromatic N) is 2. The van der Waals surface area contributed by atoms with E-state index in [1.165, 1.54) is 5.56 Å². The fraction of sp³-hybridized carbons (Fsp3) is 0.391. The maximum absolute atomic E-state index is 12.5. The van der Waals surface area contributed by atoms with Crippen molar-refractivity contribution in [2.75, 3.05) is 37.7 Å². The molecule has 4 rings (SSSR count). The molecule has 5 nitrogen and oxygen atoms in total. The summed E-state index contributed by atoms with van der Waals surface area (Å²) in [5, 5.41) is 0.731. The summed E-state index contributed by atoms with van der Waals surface area (Å²) in [6, 6.07) is 13.7. The number of Topliss-reactive ketones (excluding diaryl/α,β-unsaturated/α-hetero) is 1. The second-order valence-electron chi connectivity index (χ2n) is 7.59. The zero-order chi connectivity index (χ0) is 20.2. The summed E-state index contributed by atoms with van der Waals surface area (Å²) >= 11 is 5.95. The van der Waals surface area contributed by atoms with Crippen LogP contribution in [0.4, 0.5) is 5.69 Å². The number of benzene rings is 2. The van der Waals surface area contributed by atoms with E-state index in [1.807, 2.05) is 47.4 Å². The minimum atomic E-state index is 0.129. The third-order valence-electron chi connectivity index (χ3n) is 5.65. The van der Waals surface area contributed by atoms with Gasteiger partial charge in [-0.15, -0.1) is 0 Å². The van der Waals surface area contributed by atoms with E-state index in [4.69, 9.17) is 16.3 Å². The standard InChI is InChI=1S/C23H25ClN2O3/c24-19-3-5-20(6-4-19)25-10-12-26(13-11-25)23(28)9-14-29-22-8-2-17-15-21(27)7-1-18(17)16-22/h2-6,8,16H,1,7,9-15H2. The van der Waals surface area contributed by atoms with Gasteiger partial charge in [0.1, 0.15) is 11.5 Å². The molecule has 1 fully saturated rings. The van der Waals surface area contributed by atoms with Gasteiger partial charge in [0.25, 0.3) is 0 Å². The topological polar surface area (TPSA) is 49.9 Å². The number of ketones is 1. The molecule has 2 aromatic carbocycles. The van der Waals surface area contributed by atoms with Crippen LogP contribution in [-0.4, -0.2) is 49.4 Å². The van der Waals surface area contributed by atoms with E-state index in [1.54, 1.807) is 0 Å². The van der Waals surface area contributed by atoms with Crippen molar-refractivity contribution in [3.63, 3.8) is 0 Å². The maximum atomic E-state index is 12.5.